The van der Waals surface area contributed by atoms with E-state index in [1.54, 1.807) is 18.5 Å². The van der Waals surface area contributed by atoms with Crippen LogP contribution in [0.25, 0.3) is 0 Å². The summed E-state index contributed by atoms with van der Waals surface area (Å²) in [6, 6.07) is 9.42. The Bertz CT molecular complexity index is 527. The van der Waals surface area contributed by atoms with Crippen molar-refractivity contribution in [1.29, 1.82) is 0 Å². The predicted molar refractivity (Wildman–Crippen MR) is 72.4 cm³/mol. The third-order valence-electron chi connectivity index (χ3n) is 2.38. The minimum Gasteiger partial charge on any atom is -0.389 e. The highest BCUT2D eigenvalue weighted by Crippen LogP contribution is 2.23. The molecule has 0 bridgehead atoms. The van der Waals surface area contributed by atoms with E-state index < -0.39 is 0 Å². The highest BCUT2D eigenvalue weighted by Gasteiger charge is 2.11. The van der Waals surface area contributed by atoms with E-state index in [0.29, 0.717) is 10.9 Å². The molecule has 0 spiro atoms. The highest BCUT2D eigenvalue weighted by molar-refractivity contribution is 7.80. The van der Waals surface area contributed by atoms with Crippen LogP contribution in [0.2, 0.25) is 0 Å². The summed E-state index contributed by atoms with van der Waals surface area (Å²) in [5, 5.41) is 0. The van der Waals surface area contributed by atoms with Crippen molar-refractivity contribution in [2.24, 2.45) is 5.73 Å². The zero-order valence-electron chi connectivity index (χ0n) is 9.37. The number of para-hydroxylation sites is 1. The molecule has 1 aromatic carbocycles. The fraction of sp³-hybridized carbons (Fsp3) is 0.0833. The second-order valence-electron chi connectivity index (χ2n) is 3.49. The summed E-state index contributed by atoms with van der Waals surface area (Å²) < 4.78 is 0. The Morgan fingerprint density at radius 3 is 2.47 bits per heavy atom. The monoisotopic (exact) mass is 244 g/mol. The number of hydrogen-bond acceptors (Lipinski definition) is 4. The number of thiocarbonyl (C=S) groups is 1. The first-order chi connectivity index (χ1) is 8.20. The molecule has 17 heavy (non-hydrogen) atoms. The average Bonchev–Trinajstić information content (AvgIpc) is 2.39. The summed E-state index contributed by atoms with van der Waals surface area (Å²) in [6.45, 7) is 0. The fourth-order valence-corrected chi connectivity index (χ4v) is 1.72. The summed E-state index contributed by atoms with van der Waals surface area (Å²) in [6.07, 6.45) is 3.39. The van der Waals surface area contributed by atoms with Gasteiger partial charge >= 0.3 is 0 Å². The topological polar surface area (TPSA) is 55.0 Å². The predicted octanol–water partition coefficient (Wildman–Crippen LogP) is 1.88. The molecule has 1 heterocycles. The van der Waals surface area contributed by atoms with E-state index in [9.17, 15) is 0 Å². The molecule has 2 rings (SSSR count). The van der Waals surface area contributed by atoms with Gasteiger partial charge in [-0.15, -0.1) is 0 Å². The van der Waals surface area contributed by atoms with E-state index in [-0.39, 0.29) is 0 Å². The van der Waals surface area contributed by atoms with Crippen molar-refractivity contribution >= 4 is 28.8 Å². The molecule has 2 N–H and O–H groups in total. The van der Waals surface area contributed by atoms with Crippen LogP contribution in [-0.4, -0.2) is 22.0 Å². The SMILES string of the molecule is CN(c1ncccn1)c1ccccc1C(N)=S. The van der Waals surface area contributed by atoms with E-state index in [2.05, 4.69) is 9.97 Å². The van der Waals surface area contributed by atoms with E-state index in [1.165, 1.54) is 0 Å². The minimum atomic E-state index is 0.364. The summed E-state index contributed by atoms with van der Waals surface area (Å²) >= 11 is 5.03. The second-order valence-corrected chi connectivity index (χ2v) is 3.93. The molecule has 1 aromatic heterocycles. The van der Waals surface area contributed by atoms with Crippen LogP contribution in [0.3, 0.4) is 0 Å². The van der Waals surface area contributed by atoms with Crippen LogP contribution in [0.15, 0.2) is 42.7 Å². The van der Waals surface area contributed by atoms with Gasteiger partial charge in [-0.3, -0.25) is 0 Å². The molecular weight excluding hydrogens is 232 g/mol. The Hall–Kier alpha value is -2.01. The van der Waals surface area contributed by atoms with Crippen LogP contribution < -0.4 is 10.6 Å². The Labute approximate surface area is 105 Å². The van der Waals surface area contributed by atoms with Crippen molar-refractivity contribution in [3.63, 3.8) is 0 Å². The molecule has 0 aliphatic rings. The maximum atomic E-state index is 5.69. The van der Waals surface area contributed by atoms with Gasteiger partial charge in [0.05, 0.1) is 5.69 Å². The van der Waals surface area contributed by atoms with Crippen LogP contribution in [0, 0.1) is 0 Å². The van der Waals surface area contributed by atoms with Gasteiger partial charge in [0.25, 0.3) is 0 Å². The Morgan fingerprint density at radius 1 is 1.18 bits per heavy atom. The average molecular weight is 244 g/mol. The van der Waals surface area contributed by atoms with E-state index >= 15 is 0 Å². The zero-order valence-corrected chi connectivity index (χ0v) is 10.2. The van der Waals surface area contributed by atoms with Crippen LogP contribution in [0.5, 0.6) is 0 Å². The Morgan fingerprint density at radius 2 is 1.82 bits per heavy atom. The summed E-state index contributed by atoms with van der Waals surface area (Å²) in [5.74, 6) is 0.608. The van der Waals surface area contributed by atoms with Gasteiger partial charge in [0.2, 0.25) is 5.95 Å². The smallest absolute Gasteiger partial charge is 0.229 e. The van der Waals surface area contributed by atoms with Crippen LogP contribution in [-0.2, 0) is 0 Å². The fourth-order valence-electron chi connectivity index (χ4n) is 1.55. The van der Waals surface area contributed by atoms with Gasteiger partial charge in [-0.2, -0.15) is 0 Å². The molecular formula is C12H12N4S. The number of nitrogens with zero attached hydrogens (tertiary/aromatic N) is 3. The molecule has 0 radical (unpaired) electrons. The van der Waals surface area contributed by atoms with Gasteiger partial charge in [0.1, 0.15) is 4.99 Å². The number of nitrogens with two attached hydrogens (primary N) is 1. The Kier molecular flexibility index (Phi) is 3.30. The van der Waals surface area contributed by atoms with Crippen molar-refractivity contribution in [2.75, 3.05) is 11.9 Å². The summed E-state index contributed by atoms with van der Waals surface area (Å²) in [7, 11) is 1.88. The van der Waals surface area contributed by atoms with Gasteiger partial charge in [0.15, 0.2) is 0 Å². The second kappa shape index (κ2) is 4.88. The number of aromatic nitrogens is 2. The normalized spacial score (nSPS) is 9.94. The lowest BCUT2D eigenvalue weighted by Crippen LogP contribution is -2.19. The van der Waals surface area contributed by atoms with E-state index in [1.807, 2.05) is 36.2 Å². The lowest BCUT2D eigenvalue weighted by molar-refractivity contribution is 1.04. The number of hydrogen-bond donors (Lipinski definition) is 1. The van der Waals surface area contributed by atoms with E-state index in [4.69, 9.17) is 18.0 Å². The van der Waals surface area contributed by atoms with Gasteiger partial charge in [-0.1, -0.05) is 24.4 Å². The Balaban J connectivity index is 2.44. The molecule has 4 nitrogen and oxygen atoms in total. The summed E-state index contributed by atoms with van der Waals surface area (Å²) in [5.41, 5.74) is 7.41. The lowest BCUT2D eigenvalue weighted by Gasteiger charge is -2.19. The molecule has 0 atom stereocenters. The largest absolute Gasteiger partial charge is 0.389 e. The molecule has 0 saturated carbocycles. The number of benzene rings is 1. The molecule has 0 aliphatic carbocycles. The third kappa shape index (κ3) is 2.39. The molecule has 86 valence electrons. The standard InChI is InChI=1S/C12H12N4S/c1-16(12-14-7-4-8-15-12)10-6-3-2-5-9(10)11(13)17/h2-8H,1H3,(H2,13,17). The van der Waals surface area contributed by atoms with Gasteiger partial charge in [-0.25, -0.2) is 9.97 Å². The molecule has 5 heteroatoms. The number of rotatable bonds is 3. The molecule has 0 saturated heterocycles. The highest BCUT2D eigenvalue weighted by atomic mass is 32.1. The molecule has 0 unspecified atom stereocenters. The number of anilines is 2. The van der Waals surface area contributed by atoms with Crippen molar-refractivity contribution in [2.45, 2.75) is 0 Å². The van der Waals surface area contributed by atoms with Gasteiger partial charge < -0.3 is 10.6 Å². The first-order valence-corrected chi connectivity index (χ1v) is 5.50. The molecule has 0 amide bonds. The van der Waals surface area contributed by atoms with E-state index in [0.717, 1.165) is 11.3 Å². The first-order valence-electron chi connectivity index (χ1n) is 5.09. The van der Waals surface area contributed by atoms with Crippen molar-refractivity contribution in [1.82, 2.24) is 9.97 Å². The van der Waals surface area contributed by atoms with Gasteiger partial charge in [0, 0.05) is 25.0 Å². The third-order valence-corrected chi connectivity index (χ3v) is 2.60. The zero-order chi connectivity index (χ0) is 12.3. The van der Waals surface area contributed by atoms with Crippen molar-refractivity contribution < 1.29 is 0 Å². The maximum Gasteiger partial charge on any atom is 0.229 e. The summed E-state index contributed by atoms with van der Waals surface area (Å²) in [4.78, 5) is 10.6. The molecule has 0 fully saturated rings. The van der Waals surface area contributed by atoms with Crippen LogP contribution in [0.4, 0.5) is 11.6 Å². The van der Waals surface area contributed by atoms with Crippen LogP contribution >= 0.6 is 12.2 Å². The van der Waals surface area contributed by atoms with Crippen molar-refractivity contribution in [3.05, 3.63) is 48.3 Å². The quantitative estimate of drug-likeness (QED) is 0.835. The molecule has 0 aliphatic heterocycles. The van der Waals surface area contributed by atoms with Crippen molar-refractivity contribution in [3.8, 4) is 0 Å². The first kappa shape index (κ1) is 11.5. The molecule has 2 aromatic rings. The minimum absolute atomic E-state index is 0.364. The van der Waals surface area contributed by atoms with Crippen LogP contribution in [0.1, 0.15) is 5.56 Å². The maximum absolute atomic E-state index is 5.69. The van der Waals surface area contributed by atoms with Gasteiger partial charge in [-0.05, 0) is 18.2 Å². The lowest BCUT2D eigenvalue weighted by atomic mass is 10.1.